The van der Waals surface area contributed by atoms with Crippen LogP contribution in [-0.4, -0.2) is 45.5 Å². The van der Waals surface area contributed by atoms with Crippen LogP contribution >= 0.6 is 0 Å². The van der Waals surface area contributed by atoms with Crippen molar-refractivity contribution in [2.75, 3.05) is 0 Å². The Morgan fingerprint density at radius 1 is 0.480 bits per heavy atom. The van der Waals surface area contributed by atoms with E-state index >= 15 is 0 Å². The molecule has 130 valence electrons. The largest absolute Gasteiger partial charge is 0.368 e. The van der Waals surface area contributed by atoms with Gasteiger partial charge in [-0.1, -0.05) is 0 Å². The summed E-state index contributed by atoms with van der Waals surface area (Å²) in [7, 11) is 0. The van der Waals surface area contributed by atoms with Gasteiger partial charge in [-0.2, -0.15) is 20.5 Å². The second kappa shape index (κ2) is 16.5. The van der Waals surface area contributed by atoms with E-state index in [-0.39, 0.29) is 0 Å². The van der Waals surface area contributed by atoms with E-state index in [1.54, 1.807) is 43.5 Å². The maximum atomic E-state index is 3.67. The lowest BCUT2D eigenvalue weighted by molar-refractivity contribution is 0.940. The van der Waals surface area contributed by atoms with Crippen LogP contribution in [0.15, 0.2) is 98.6 Å². The molecule has 0 saturated heterocycles. The Hall–Kier alpha value is -3.88. The molecule has 0 atom stereocenters. The van der Waals surface area contributed by atoms with Crippen molar-refractivity contribution < 1.29 is 0 Å². The first kappa shape index (κ1) is 19.2. The van der Waals surface area contributed by atoms with Crippen LogP contribution < -0.4 is 0 Å². The quantitative estimate of drug-likeness (QED) is 0.297. The summed E-state index contributed by atoms with van der Waals surface area (Å²) in [6.07, 6.45) is 19.2. The zero-order valence-corrected chi connectivity index (χ0v) is 13.5. The highest BCUT2D eigenvalue weighted by molar-refractivity contribution is 4.85. The van der Waals surface area contributed by atoms with Gasteiger partial charge in [0.25, 0.3) is 0 Å². The normalized spacial score (nSPS) is 8.00. The fraction of sp³-hybridized carbons (Fsp3) is 0. The van der Waals surface area contributed by atoms with Crippen LogP contribution in [0.1, 0.15) is 0 Å². The van der Waals surface area contributed by atoms with E-state index in [4.69, 9.17) is 0 Å². The minimum atomic E-state index is 1.58. The molecule has 0 fully saturated rings. The molecule has 0 unspecified atom stereocenters. The number of aromatic nitrogens is 9. The molecule has 0 aliphatic carbocycles. The lowest BCUT2D eigenvalue weighted by atomic mass is 10.7. The molecule has 25 heavy (non-hydrogen) atoms. The van der Waals surface area contributed by atoms with Gasteiger partial charge in [-0.15, -0.1) is 0 Å². The summed E-state index contributed by atoms with van der Waals surface area (Å²) in [4.78, 5) is 12.1. The smallest absolute Gasteiger partial charge is 0.0919 e. The van der Waals surface area contributed by atoms with E-state index in [2.05, 4.69) is 45.5 Å². The lowest BCUT2D eigenvalue weighted by Gasteiger charge is -1.49. The molecule has 0 radical (unpaired) electrons. The third-order valence-corrected chi connectivity index (χ3v) is 2.14. The van der Waals surface area contributed by atoms with Crippen molar-refractivity contribution in [3.8, 4) is 0 Å². The monoisotopic (exact) mass is 339 g/mol. The molecule has 5 aromatic rings. The summed E-state index contributed by atoms with van der Waals surface area (Å²) in [5, 5.41) is 15.5. The van der Waals surface area contributed by atoms with Crippen LogP contribution in [0, 0.1) is 0 Å². The number of H-pyrrole nitrogens is 5. The van der Waals surface area contributed by atoms with Gasteiger partial charge in [0.1, 0.15) is 0 Å². The van der Waals surface area contributed by atoms with E-state index in [9.17, 15) is 0 Å². The number of imidazole rings is 1. The van der Waals surface area contributed by atoms with E-state index in [0.717, 1.165) is 0 Å². The molecule has 9 nitrogen and oxygen atoms in total. The third kappa shape index (κ3) is 14.8. The Morgan fingerprint density at radius 3 is 1.28 bits per heavy atom. The Kier molecular flexibility index (Phi) is 12.6. The number of rotatable bonds is 0. The van der Waals surface area contributed by atoms with Crippen molar-refractivity contribution in [2.24, 2.45) is 0 Å². The average Bonchev–Trinajstić information content (AvgIpc) is 3.55. The molecule has 9 heteroatoms. The van der Waals surface area contributed by atoms with Crippen molar-refractivity contribution in [1.82, 2.24) is 45.5 Å². The topological polar surface area (TPSA) is 131 Å². The number of aromatic amines is 5. The van der Waals surface area contributed by atoms with Crippen molar-refractivity contribution in [3.05, 3.63) is 98.6 Å². The van der Waals surface area contributed by atoms with Gasteiger partial charge in [0.05, 0.1) is 18.7 Å². The predicted molar refractivity (Wildman–Crippen MR) is 95.1 cm³/mol. The number of hydrogen-bond acceptors (Lipinski definition) is 4. The summed E-state index contributed by atoms with van der Waals surface area (Å²) >= 11 is 0. The van der Waals surface area contributed by atoms with Crippen LogP contribution in [0.3, 0.4) is 0 Å². The fourth-order valence-corrected chi connectivity index (χ4v) is 1.15. The first-order valence-electron chi connectivity index (χ1n) is 7.32. The minimum absolute atomic E-state index is 1.58. The van der Waals surface area contributed by atoms with Crippen molar-refractivity contribution in [2.45, 2.75) is 0 Å². The molecule has 0 bridgehead atoms. The summed E-state index contributed by atoms with van der Waals surface area (Å²) in [6.45, 7) is 0. The molecule has 0 aliphatic heterocycles. The third-order valence-electron chi connectivity index (χ3n) is 2.14. The van der Waals surface area contributed by atoms with E-state index in [1.807, 2.05) is 55.1 Å². The Labute approximate surface area is 145 Å². The molecule has 5 N–H and O–H groups in total. The van der Waals surface area contributed by atoms with Gasteiger partial charge in [0.2, 0.25) is 0 Å². The van der Waals surface area contributed by atoms with Crippen molar-refractivity contribution >= 4 is 0 Å². The highest BCUT2D eigenvalue weighted by Crippen LogP contribution is 1.72. The number of nitrogens with one attached hydrogen (secondary N) is 5. The van der Waals surface area contributed by atoms with Crippen LogP contribution in [0.2, 0.25) is 0 Å². The Morgan fingerprint density at radius 2 is 1.12 bits per heavy atom. The van der Waals surface area contributed by atoms with Crippen LogP contribution in [-0.2, 0) is 0 Å². The second-order valence-electron chi connectivity index (χ2n) is 3.95. The number of hydrogen-bond donors (Lipinski definition) is 5. The molecule has 0 saturated carbocycles. The Balaban J connectivity index is 0.000000156. The van der Waals surface area contributed by atoms with Gasteiger partial charge < -0.3 is 15.0 Å². The first-order chi connectivity index (χ1) is 12.5. The first-order valence-corrected chi connectivity index (χ1v) is 7.32. The summed E-state index contributed by atoms with van der Waals surface area (Å²) in [6, 6.07) is 9.61. The van der Waals surface area contributed by atoms with Gasteiger partial charge in [0.15, 0.2) is 0 Å². The minimum Gasteiger partial charge on any atom is -0.368 e. The summed E-state index contributed by atoms with van der Waals surface area (Å²) in [5.41, 5.74) is 0. The van der Waals surface area contributed by atoms with Crippen LogP contribution in [0.5, 0.6) is 0 Å². The van der Waals surface area contributed by atoms with Crippen molar-refractivity contribution in [3.63, 3.8) is 0 Å². The van der Waals surface area contributed by atoms with E-state index in [0.29, 0.717) is 0 Å². The molecular weight excluding hydrogens is 318 g/mol. The number of nitrogens with zero attached hydrogens (tertiary/aromatic N) is 4. The van der Waals surface area contributed by atoms with Gasteiger partial charge >= 0.3 is 0 Å². The SMILES string of the molecule is c1c[nH]cn1.c1cc[nH]c1.c1cc[nH]c1.c1cn[nH]c1.c1cn[nH]n1. The molecule has 0 aliphatic rings. The predicted octanol–water partition coefficient (Wildman–Crippen LogP) is 2.65. The highest BCUT2D eigenvalue weighted by Gasteiger charge is 1.58. The van der Waals surface area contributed by atoms with Gasteiger partial charge in [-0.25, -0.2) is 4.98 Å². The molecule has 5 heterocycles. The van der Waals surface area contributed by atoms with Crippen LogP contribution in [0.25, 0.3) is 0 Å². The second-order valence-corrected chi connectivity index (χ2v) is 3.95. The molecule has 0 spiro atoms. The molecule has 5 rings (SSSR count). The van der Waals surface area contributed by atoms with E-state index in [1.165, 1.54) is 0 Å². The van der Waals surface area contributed by atoms with Gasteiger partial charge in [-0.3, -0.25) is 5.10 Å². The average molecular weight is 339 g/mol. The molecular formula is C16H21N9. The standard InChI is InChI=1S/2C4H5N.2C3H4N2.C2H3N3/c2*1-2-4-5-3-1;1-2-5-3-4-1;2*1-2-4-5-3-1/h2*1-5H;2*1-3H,(H,4,5);1-2H,(H,3,4,5). The van der Waals surface area contributed by atoms with Crippen LogP contribution in [0.4, 0.5) is 0 Å². The van der Waals surface area contributed by atoms with Crippen molar-refractivity contribution in [1.29, 1.82) is 0 Å². The maximum Gasteiger partial charge on any atom is 0.0919 e. The zero-order chi connectivity index (χ0) is 17.7. The summed E-state index contributed by atoms with van der Waals surface area (Å²) < 4.78 is 0. The fourth-order valence-electron chi connectivity index (χ4n) is 1.15. The lowest BCUT2D eigenvalue weighted by Crippen LogP contribution is -1.61. The zero-order valence-electron chi connectivity index (χ0n) is 13.5. The summed E-state index contributed by atoms with van der Waals surface area (Å²) in [5.74, 6) is 0. The molecule has 5 aromatic heterocycles. The van der Waals surface area contributed by atoms with Gasteiger partial charge in [0, 0.05) is 49.6 Å². The van der Waals surface area contributed by atoms with Gasteiger partial charge in [-0.05, 0) is 30.3 Å². The highest BCUT2D eigenvalue weighted by atomic mass is 15.3. The Bertz CT molecular complexity index is 459. The molecule has 0 amide bonds. The maximum absolute atomic E-state index is 3.67. The molecule has 0 aromatic carbocycles. The van der Waals surface area contributed by atoms with E-state index < -0.39 is 0 Å².